The Morgan fingerprint density at radius 2 is 1.54 bits per heavy atom. The lowest BCUT2D eigenvalue weighted by molar-refractivity contribution is -0.160. The van der Waals surface area contributed by atoms with Crippen molar-refractivity contribution in [1.29, 1.82) is 0 Å². The normalized spacial score (nSPS) is 16.1. The number of sulfonamides is 2. The van der Waals surface area contributed by atoms with Gasteiger partial charge in [-0.3, -0.25) is 9.44 Å². The molecule has 1 unspecified atom stereocenters. The number of thiophene rings is 1. The third-order valence-electron chi connectivity index (χ3n) is 6.67. The van der Waals surface area contributed by atoms with Crippen LogP contribution in [0, 0.1) is 5.92 Å². The summed E-state index contributed by atoms with van der Waals surface area (Å²) < 4.78 is 97.2. The summed E-state index contributed by atoms with van der Waals surface area (Å²) >= 11 is 1.05. The molecule has 1 aromatic heterocycles. The van der Waals surface area contributed by atoms with Crippen molar-refractivity contribution < 1.29 is 30.0 Å². The fraction of sp³-hybridized carbons (Fsp3) is 0.385. The van der Waals surface area contributed by atoms with E-state index in [2.05, 4.69) is 14.8 Å². The maximum Gasteiger partial charge on any atom is 0.403 e. The molecule has 13 heteroatoms. The molecule has 3 aromatic rings. The van der Waals surface area contributed by atoms with Crippen molar-refractivity contribution in [1.82, 2.24) is 5.32 Å². The number of nitrogens with one attached hydrogen (secondary N) is 3. The number of hydrogen-bond acceptors (Lipinski definition) is 6. The van der Waals surface area contributed by atoms with E-state index in [0.717, 1.165) is 43.4 Å². The second kappa shape index (κ2) is 12.3. The molecule has 7 nitrogen and oxygen atoms in total. The molecular formula is C26H30F3N3O4S3. The minimum absolute atomic E-state index is 0.0000174. The van der Waals surface area contributed by atoms with Crippen molar-refractivity contribution in [3.8, 4) is 0 Å². The monoisotopic (exact) mass is 601 g/mol. The van der Waals surface area contributed by atoms with Gasteiger partial charge >= 0.3 is 6.18 Å². The van der Waals surface area contributed by atoms with Crippen molar-refractivity contribution in [3.05, 3.63) is 71.6 Å². The van der Waals surface area contributed by atoms with Gasteiger partial charge in [-0.25, -0.2) is 16.8 Å². The summed E-state index contributed by atoms with van der Waals surface area (Å²) in [4.78, 5) is -0.130. The average Bonchev–Trinajstić information content (AvgIpc) is 3.44. The summed E-state index contributed by atoms with van der Waals surface area (Å²) in [5.74, 6) is 0.0179. The third-order valence-corrected chi connectivity index (χ3v) is 10.8. The Morgan fingerprint density at radius 3 is 2.18 bits per heavy atom. The van der Waals surface area contributed by atoms with Crippen LogP contribution >= 0.6 is 11.3 Å². The van der Waals surface area contributed by atoms with E-state index in [0.29, 0.717) is 5.56 Å². The Labute approximate surface area is 230 Å². The van der Waals surface area contributed by atoms with Crippen molar-refractivity contribution >= 4 is 42.8 Å². The van der Waals surface area contributed by atoms with Gasteiger partial charge < -0.3 is 5.32 Å². The van der Waals surface area contributed by atoms with Crippen LogP contribution in [-0.4, -0.2) is 29.1 Å². The zero-order chi connectivity index (χ0) is 28.1. The highest BCUT2D eigenvalue weighted by atomic mass is 32.2. The molecule has 1 heterocycles. The zero-order valence-electron chi connectivity index (χ0n) is 20.9. The summed E-state index contributed by atoms with van der Waals surface area (Å²) in [6, 6.07) is 12.8. The molecule has 0 amide bonds. The third kappa shape index (κ3) is 7.96. The predicted molar refractivity (Wildman–Crippen MR) is 147 cm³/mol. The van der Waals surface area contributed by atoms with Crippen LogP contribution in [0.1, 0.15) is 44.1 Å². The summed E-state index contributed by atoms with van der Waals surface area (Å²) in [6.45, 7) is -0.168. The number of rotatable bonds is 11. The van der Waals surface area contributed by atoms with Crippen LogP contribution in [0.25, 0.3) is 0 Å². The highest BCUT2D eigenvalue weighted by Gasteiger charge is 2.40. The summed E-state index contributed by atoms with van der Waals surface area (Å²) in [6.07, 6.45) is 0.112. The SMILES string of the molecule is O=S(=O)(Nc1ccccc1CNC(CC1CCCCC1)C(F)(F)F)c1ccc(NS(=O)(=O)c2cccs2)cc1. The molecular weight excluding hydrogens is 571 g/mol. The number of para-hydroxylation sites is 1. The Bertz CT molecular complexity index is 1440. The number of anilines is 2. The molecule has 0 bridgehead atoms. The maximum absolute atomic E-state index is 13.8. The lowest BCUT2D eigenvalue weighted by Gasteiger charge is -2.29. The highest BCUT2D eigenvalue weighted by Crippen LogP contribution is 2.33. The largest absolute Gasteiger partial charge is 0.403 e. The minimum atomic E-state index is -4.42. The number of halogens is 3. The molecule has 0 radical (unpaired) electrons. The topological polar surface area (TPSA) is 104 Å². The van der Waals surface area contributed by atoms with E-state index < -0.39 is 32.3 Å². The van der Waals surface area contributed by atoms with Crippen molar-refractivity contribution in [3.63, 3.8) is 0 Å². The molecule has 4 rings (SSSR count). The van der Waals surface area contributed by atoms with E-state index in [1.54, 1.807) is 29.6 Å². The molecule has 3 N–H and O–H groups in total. The second-order valence-electron chi connectivity index (χ2n) is 9.54. The van der Waals surface area contributed by atoms with Crippen LogP contribution in [0.5, 0.6) is 0 Å². The van der Waals surface area contributed by atoms with Gasteiger partial charge in [0.25, 0.3) is 20.0 Å². The van der Waals surface area contributed by atoms with E-state index in [1.165, 1.54) is 36.4 Å². The van der Waals surface area contributed by atoms with E-state index >= 15 is 0 Å². The minimum Gasteiger partial charge on any atom is -0.302 e. The first-order valence-electron chi connectivity index (χ1n) is 12.5. The number of alkyl halides is 3. The molecule has 1 aliphatic rings. The van der Waals surface area contributed by atoms with Gasteiger partial charge in [0.2, 0.25) is 0 Å². The van der Waals surface area contributed by atoms with Gasteiger partial charge in [-0.15, -0.1) is 11.3 Å². The summed E-state index contributed by atoms with van der Waals surface area (Å²) in [5, 5.41) is 4.23. The molecule has 2 aromatic carbocycles. The summed E-state index contributed by atoms with van der Waals surface area (Å²) in [5.41, 5.74) is 0.716. The maximum atomic E-state index is 13.8. The Morgan fingerprint density at radius 1 is 0.846 bits per heavy atom. The number of benzene rings is 2. The van der Waals surface area contributed by atoms with E-state index in [4.69, 9.17) is 0 Å². The standard InChI is InChI=1S/C26H30F3N3O4S3/c27-26(28,29)24(17-19-7-2-1-3-8-19)30-18-20-9-4-5-10-23(20)32-38(33,34)22-14-12-21(13-15-22)31-39(35,36)25-11-6-16-37-25/h4-6,9-16,19,24,30-32H,1-3,7-8,17-18H2. The first-order valence-corrected chi connectivity index (χ1v) is 16.4. The van der Waals surface area contributed by atoms with E-state index in [1.807, 2.05) is 0 Å². The first kappa shape index (κ1) is 29.4. The molecule has 39 heavy (non-hydrogen) atoms. The molecule has 1 saturated carbocycles. The fourth-order valence-corrected chi connectivity index (χ4v) is 7.78. The number of hydrogen-bond donors (Lipinski definition) is 3. The first-order chi connectivity index (χ1) is 18.4. The van der Waals surface area contributed by atoms with Crippen LogP contribution in [0.4, 0.5) is 24.5 Å². The van der Waals surface area contributed by atoms with Crippen LogP contribution in [0.2, 0.25) is 0 Å². The highest BCUT2D eigenvalue weighted by molar-refractivity contribution is 7.94. The van der Waals surface area contributed by atoms with Crippen molar-refractivity contribution in [2.45, 2.75) is 66.4 Å². The van der Waals surface area contributed by atoms with Gasteiger partial charge in [0, 0.05) is 12.2 Å². The van der Waals surface area contributed by atoms with E-state index in [-0.39, 0.29) is 39.4 Å². The molecule has 0 spiro atoms. The molecule has 0 aliphatic heterocycles. The molecule has 1 aliphatic carbocycles. The van der Waals surface area contributed by atoms with Crippen molar-refractivity contribution in [2.24, 2.45) is 5.92 Å². The van der Waals surface area contributed by atoms with Gasteiger partial charge in [-0.05, 0) is 59.7 Å². The van der Waals surface area contributed by atoms with Gasteiger partial charge in [0.1, 0.15) is 10.3 Å². The van der Waals surface area contributed by atoms with Crippen LogP contribution in [-0.2, 0) is 26.6 Å². The van der Waals surface area contributed by atoms with Gasteiger partial charge in [-0.1, -0.05) is 56.4 Å². The fourth-order valence-electron chi connectivity index (χ4n) is 4.62. The lowest BCUT2D eigenvalue weighted by Crippen LogP contribution is -2.43. The quantitative estimate of drug-likeness (QED) is 0.238. The van der Waals surface area contributed by atoms with Crippen LogP contribution < -0.4 is 14.8 Å². The Kier molecular flexibility index (Phi) is 9.25. The predicted octanol–water partition coefficient (Wildman–Crippen LogP) is 6.34. The van der Waals surface area contributed by atoms with Crippen LogP contribution in [0.15, 0.2) is 75.1 Å². The van der Waals surface area contributed by atoms with Gasteiger partial charge in [-0.2, -0.15) is 13.2 Å². The molecule has 0 saturated heterocycles. The Balaban J connectivity index is 1.44. The second-order valence-corrected chi connectivity index (χ2v) is 14.1. The van der Waals surface area contributed by atoms with Gasteiger partial charge in [0.05, 0.1) is 10.6 Å². The van der Waals surface area contributed by atoms with E-state index in [9.17, 15) is 30.0 Å². The molecule has 1 atom stereocenters. The molecule has 212 valence electrons. The van der Waals surface area contributed by atoms with Crippen LogP contribution in [0.3, 0.4) is 0 Å². The summed E-state index contributed by atoms with van der Waals surface area (Å²) in [7, 11) is -7.89. The zero-order valence-corrected chi connectivity index (χ0v) is 23.4. The Hall–Kier alpha value is -2.61. The average molecular weight is 602 g/mol. The van der Waals surface area contributed by atoms with Gasteiger partial charge in [0.15, 0.2) is 0 Å². The van der Waals surface area contributed by atoms with Crippen molar-refractivity contribution in [2.75, 3.05) is 9.44 Å². The molecule has 1 fully saturated rings. The lowest BCUT2D eigenvalue weighted by atomic mass is 9.84. The smallest absolute Gasteiger partial charge is 0.302 e.